The fourth-order valence-corrected chi connectivity index (χ4v) is 2.87. The summed E-state index contributed by atoms with van der Waals surface area (Å²) in [5, 5.41) is 14.9. The monoisotopic (exact) mass is 388 g/mol. The first-order valence-electron chi connectivity index (χ1n) is 8.40. The van der Waals surface area contributed by atoms with Crippen molar-refractivity contribution in [1.29, 1.82) is 0 Å². The van der Waals surface area contributed by atoms with Crippen molar-refractivity contribution in [1.82, 2.24) is 5.32 Å². The Morgan fingerprint density at radius 3 is 2.52 bits per heavy atom. The fourth-order valence-electron chi connectivity index (χ4n) is 2.66. The third-order valence-electron chi connectivity index (χ3n) is 3.95. The number of hydrogen-bond donors (Lipinski definition) is 3. The number of carboxylic acids is 1. The third-order valence-corrected chi connectivity index (χ3v) is 4.28. The van der Waals surface area contributed by atoms with Crippen LogP contribution in [-0.4, -0.2) is 29.4 Å². The lowest BCUT2D eigenvalue weighted by atomic mass is 9.98. The van der Waals surface area contributed by atoms with Gasteiger partial charge >= 0.3 is 5.97 Å². The summed E-state index contributed by atoms with van der Waals surface area (Å²) in [5.74, 6) is -2.53. The lowest BCUT2D eigenvalue weighted by molar-refractivity contribution is -0.141. The molecule has 0 aliphatic heterocycles. The quantitative estimate of drug-likeness (QED) is 0.678. The van der Waals surface area contributed by atoms with Gasteiger partial charge in [0.2, 0.25) is 5.91 Å². The summed E-state index contributed by atoms with van der Waals surface area (Å²) >= 11 is 6.06. The molecular formula is C20H21ClN2O4. The molecule has 0 aromatic heterocycles. The highest BCUT2D eigenvalue weighted by molar-refractivity contribution is 6.34. The fraction of sp³-hybridized carbons (Fsp3) is 0.250. The molecule has 1 atom stereocenters. The first kappa shape index (κ1) is 20.5. The van der Waals surface area contributed by atoms with E-state index < -0.39 is 17.8 Å². The van der Waals surface area contributed by atoms with Crippen molar-refractivity contribution in [2.45, 2.75) is 20.3 Å². The van der Waals surface area contributed by atoms with Crippen LogP contribution in [0.4, 0.5) is 5.69 Å². The maximum absolute atomic E-state index is 12.4. The highest BCUT2D eigenvalue weighted by Gasteiger charge is 2.20. The predicted molar refractivity (Wildman–Crippen MR) is 104 cm³/mol. The molecule has 0 spiro atoms. The van der Waals surface area contributed by atoms with Gasteiger partial charge in [-0.15, -0.1) is 0 Å². The Labute approximate surface area is 162 Å². The minimum Gasteiger partial charge on any atom is -0.481 e. The number of nitrogens with one attached hydrogen (secondary N) is 2. The molecule has 0 radical (unpaired) electrons. The minimum absolute atomic E-state index is 0.0389. The van der Waals surface area contributed by atoms with Crippen LogP contribution >= 0.6 is 11.6 Å². The Morgan fingerprint density at radius 1 is 1.15 bits per heavy atom. The molecular weight excluding hydrogens is 368 g/mol. The maximum atomic E-state index is 12.4. The number of rotatable bonds is 7. The van der Waals surface area contributed by atoms with E-state index >= 15 is 0 Å². The number of anilines is 1. The summed E-state index contributed by atoms with van der Waals surface area (Å²) in [6, 6.07) is 12.1. The van der Waals surface area contributed by atoms with E-state index in [1.807, 2.05) is 31.2 Å². The lowest BCUT2D eigenvalue weighted by Crippen LogP contribution is -2.34. The van der Waals surface area contributed by atoms with E-state index in [9.17, 15) is 19.5 Å². The molecule has 2 amide bonds. The molecule has 6 nitrogen and oxygen atoms in total. The van der Waals surface area contributed by atoms with Crippen molar-refractivity contribution in [3.8, 4) is 0 Å². The van der Waals surface area contributed by atoms with Crippen LogP contribution in [0.2, 0.25) is 5.02 Å². The zero-order chi connectivity index (χ0) is 20.0. The van der Waals surface area contributed by atoms with Crippen LogP contribution < -0.4 is 10.6 Å². The van der Waals surface area contributed by atoms with Crippen LogP contribution in [0.1, 0.15) is 28.4 Å². The Balaban J connectivity index is 2.07. The van der Waals surface area contributed by atoms with E-state index in [0.29, 0.717) is 12.1 Å². The van der Waals surface area contributed by atoms with Crippen LogP contribution in [0.3, 0.4) is 0 Å². The van der Waals surface area contributed by atoms with Crippen molar-refractivity contribution in [3.05, 3.63) is 64.2 Å². The smallest absolute Gasteiger partial charge is 0.308 e. The Hall–Kier alpha value is -2.86. The summed E-state index contributed by atoms with van der Waals surface area (Å²) in [4.78, 5) is 35.1. The van der Waals surface area contributed by atoms with Crippen molar-refractivity contribution in [2.75, 3.05) is 11.9 Å². The summed E-state index contributed by atoms with van der Waals surface area (Å²) in [6.07, 6.45) is 0.303. The molecule has 0 bridgehead atoms. The molecule has 27 heavy (non-hydrogen) atoms. The molecule has 0 saturated heterocycles. The number of hydrogen-bond acceptors (Lipinski definition) is 3. The number of halogens is 1. The summed E-state index contributed by atoms with van der Waals surface area (Å²) in [7, 11) is 0. The molecule has 142 valence electrons. The number of amides is 2. The lowest BCUT2D eigenvalue weighted by Gasteiger charge is -2.15. The van der Waals surface area contributed by atoms with E-state index in [-0.39, 0.29) is 23.0 Å². The van der Waals surface area contributed by atoms with Crippen LogP contribution in [0.15, 0.2) is 42.5 Å². The van der Waals surface area contributed by atoms with Gasteiger partial charge in [-0.05, 0) is 37.1 Å². The molecule has 0 fully saturated rings. The molecule has 0 aliphatic rings. The van der Waals surface area contributed by atoms with Crippen molar-refractivity contribution in [3.63, 3.8) is 0 Å². The van der Waals surface area contributed by atoms with Gasteiger partial charge in [0.15, 0.2) is 0 Å². The van der Waals surface area contributed by atoms with Gasteiger partial charge < -0.3 is 15.7 Å². The van der Waals surface area contributed by atoms with Gasteiger partial charge in [-0.2, -0.15) is 0 Å². The zero-order valence-corrected chi connectivity index (χ0v) is 15.8. The van der Waals surface area contributed by atoms with Gasteiger partial charge in [-0.3, -0.25) is 14.4 Å². The number of carbonyl (C=O) groups is 3. The average Bonchev–Trinajstić information content (AvgIpc) is 2.59. The van der Waals surface area contributed by atoms with Crippen molar-refractivity contribution in [2.24, 2.45) is 5.92 Å². The van der Waals surface area contributed by atoms with Crippen molar-refractivity contribution >= 4 is 35.1 Å². The second-order valence-electron chi connectivity index (χ2n) is 6.31. The first-order chi connectivity index (χ1) is 12.8. The van der Waals surface area contributed by atoms with E-state index in [0.717, 1.165) is 11.1 Å². The molecule has 0 aliphatic carbocycles. The SMILES string of the molecule is CC(=O)Nc1ccc(Cl)c(C(=O)NCC(Cc2cccc(C)c2)C(=O)O)c1. The second kappa shape index (κ2) is 9.19. The molecule has 7 heteroatoms. The highest BCUT2D eigenvalue weighted by atomic mass is 35.5. The second-order valence-corrected chi connectivity index (χ2v) is 6.72. The molecule has 2 aromatic rings. The molecule has 2 rings (SSSR count). The van der Waals surface area contributed by atoms with Gasteiger partial charge in [0, 0.05) is 19.2 Å². The Bertz CT molecular complexity index is 867. The van der Waals surface area contributed by atoms with Gasteiger partial charge in [0.25, 0.3) is 5.91 Å². The number of aryl methyl sites for hydroxylation is 1. The third kappa shape index (κ3) is 6.11. The van der Waals surface area contributed by atoms with Gasteiger partial charge in [0.05, 0.1) is 16.5 Å². The van der Waals surface area contributed by atoms with Crippen molar-refractivity contribution < 1.29 is 19.5 Å². The van der Waals surface area contributed by atoms with E-state index in [4.69, 9.17) is 11.6 Å². The average molecular weight is 389 g/mol. The Morgan fingerprint density at radius 2 is 1.89 bits per heavy atom. The molecule has 0 heterocycles. The van der Waals surface area contributed by atoms with E-state index in [2.05, 4.69) is 10.6 Å². The Kier molecular flexibility index (Phi) is 6.96. The molecule has 1 unspecified atom stereocenters. The van der Waals surface area contributed by atoms with Gasteiger partial charge in [0.1, 0.15) is 0 Å². The van der Waals surface area contributed by atoms with E-state index in [1.54, 1.807) is 6.07 Å². The topological polar surface area (TPSA) is 95.5 Å². The number of carbonyl (C=O) groups excluding carboxylic acids is 2. The predicted octanol–water partition coefficient (Wildman–Crippen LogP) is 3.28. The number of benzene rings is 2. The van der Waals surface area contributed by atoms with Crippen LogP contribution in [0.5, 0.6) is 0 Å². The molecule has 2 aromatic carbocycles. The summed E-state index contributed by atoms with van der Waals surface area (Å²) in [6.45, 7) is 3.25. The largest absolute Gasteiger partial charge is 0.481 e. The summed E-state index contributed by atoms with van der Waals surface area (Å²) in [5.41, 5.74) is 2.54. The zero-order valence-electron chi connectivity index (χ0n) is 15.1. The van der Waals surface area contributed by atoms with E-state index in [1.165, 1.54) is 19.1 Å². The van der Waals surface area contributed by atoms with Gasteiger partial charge in [-0.1, -0.05) is 41.4 Å². The highest BCUT2D eigenvalue weighted by Crippen LogP contribution is 2.21. The first-order valence-corrected chi connectivity index (χ1v) is 8.77. The van der Waals surface area contributed by atoms with Crippen LogP contribution in [0.25, 0.3) is 0 Å². The number of aliphatic carboxylic acids is 1. The molecule has 0 saturated carbocycles. The maximum Gasteiger partial charge on any atom is 0.308 e. The van der Waals surface area contributed by atoms with Crippen LogP contribution in [0, 0.1) is 12.8 Å². The molecule has 3 N–H and O–H groups in total. The van der Waals surface area contributed by atoms with Gasteiger partial charge in [-0.25, -0.2) is 0 Å². The summed E-state index contributed by atoms with van der Waals surface area (Å²) < 4.78 is 0. The van der Waals surface area contributed by atoms with Crippen LogP contribution in [-0.2, 0) is 16.0 Å². The normalized spacial score (nSPS) is 11.5. The minimum atomic E-state index is -0.991. The number of carboxylic acid groups (broad SMARTS) is 1. The standard InChI is InChI=1S/C20H21ClN2O4/c1-12-4-3-5-14(8-12)9-15(20(26)27)11-22-19(25)17-10-16(23-13(2)24)6-7-18(17)21/h3-8,10,15H,9,11H2,1-2H3,(H,22,25)(H,23,24)(H,26,27).